The summed E-state index contributed by atoms with van der Waals surface area (Å²) in [6.45, 7) is 1.83. The Morgan fingerprint density at radius 1 is 1.23 bits per heavy atom. The van der Waals surface area contributed by atoms with Crippen molar-refractivity contribution < 1.29 is 4.74 Å². The Kier molecular flexibility index (Phi) is 5.54. The van der Waals surface area contributed by atoms with Crippen LogP contribution in [0, 0.1) is 0 Å². The molecule has 0 saturated carbocycles. The molecular formula is C14H12Cl2N4OS. The molecule has 0 atom stereocenters. The van der Waals surface area contributed by atoms with E-state index in [2.05, 4.69) is 15.5 Å². The third-order valence-corrected chi connectivity index (χ3v) is 3.27. The van der Waals surface area contributed by atoms with Gasteiger partial charge >= 0.3 is 0 Å². The summed E-state index contributed by atoms with van der Waals surface area (Å²) in [5, 5.41) is 4.84. The van der Waals surface area contributed by atoms with Gasteiger partial charge < -0.3 is 10.5 Å². The number of nitrogens with two attached hydrogens (primary N) is 1. The molecule has 0 amide bonds. The summed E-state index contributed by atoms with van der Waals surface area (Å²) >= 11 is 16.7. The molecule has 0 unspecified atom stereocenters. The van der Waals surface area contributed by atoms with E-state index in [0.717, 1.165) is 11.3 Å². The minimum atomic E-state index is 0.112. The molecule has 1 aromatic carbocycles. The number of hydrogen-bond acceptors (Lipinski definition) is 4. The lowest BCUT2D eigenvalue weighted by atomic mass is 10.1. The number of rotatable bonds is 4. The van der Waals surface area contributed by atoms with Crippen molar-refractivity contribution in [1.29, 1.82) is 0 Å². The molecule has 1 heterocycles. The fourth-order valence-electron chi connectivity index (χ4n) is 1.58. The molecule has 0 aliphatic rings. The first-order valence-electron chi connectivity index (χ1n) is 6.14. The molecule has 0 saturated heterocycles. The van der Waals surface area contributed by atoms with Crippen LogP contribution in [-0.2, 0) is 0 Å². The average Bonchev–Trinajstić information content (AvgIpc) is 2.49. The number of nitrogens with zero attached hydrogens (tertiary/aromatic N) is 2. The SMILES string of the molecule is C/C(=N/NC(N)=S)c1ccc(Oc2c(Cl)cncc2Cl)cc1. The lowest BCUT2D eigenvalue weighted by Gasteiger charge is -2.09. The highest BCUT2D eigenvalue weighted by Gasteiger charge is 2.09. The van der Waals surface area contributed by atoms with E-state index in [0.29, 0.717) is 21.5 Å². The predicted molar refractivity (Wildman–Crippen MR) is 92.9 cm³/mol. The van der Waals surface area contributed by atoms with E-state index in [1.807, 2.05) is 19.1 Å². The lowest BCUT2D eigenvalue weighted by molar-refractivity contribution is 0.482. The molecule has 0 radical (unpaired) electrons. The van der Waals surface area contributed by atoms with Crippen LogP contribution in [0.2, 0.25) is 10.0 Å². The number of benzene rings is 1. The van der Waals surface area contributed by atoms with Crippen LogP contribution in [0.4, 0.5) is 0 Å². The summed E-state index contributed by atoms with van der Waals surface area (Å²) in [6.07, 6.45) is 2.94. The normalized spacial score (nSPS) is 11.1. The zero-order valence-electron chi connectivity index (χ0n) is 11.5. The minimum absolute atomic E-state index is 0.112. The molecule has 0 aliphatic carbocycles. The maximum absolute atomic E-state index is 6.01. The number of ether oxygens (including phenoxy) is 1. The number of halogens is 2. The zero-order valence-corrected chi connectivity index (χ0v) is 13.8. The molecule has 8 heteroatoms. The number of aromatic nitrogens is 1. The van der Waals surface area contributed by atoms with Crippen LogP contribution in [0.25, 0.3) is 0 Å². The van der Waals surface area contributed by atoms with Crippen molar-refractivity contribution in [3.05, 3.63) is 52.3 Å². The predicted octanol–water partition coefficient (Wildman–Crippen LogP) is 3.74. The monoisotopic (exact) mass is 354 g/mol. The molecule has 0 fully saturated rings. The van der Waals surface area contributed by atoms with E-state index < -0.39 is 0 Å². The standard InChI is InChI=1S/C14H12Cl2N4OS/c1-8(19-20-14(17)22)9-2-4-10(5-3-9)21-13-11(15)6-18-7-12(13)16/h2-7H,1H3,(H3,17,20,22)/b19-8-. The van der Waals surface area contributed by atoms with Crippen molar-refractivity contribution in [3.8, 4) is 11.5 Å². The topological polar surface area (TPSA) is 72.5 Å². The highest BCUT2D eigenvalue weighted by atomic mass is 35.5. The van der Waals surface area contributed by atoms with Gasteiger partial charge in [-0.1, -0.05) is 23.2 Å². The smallest absolute Gasteiger partial charge is 0.184 e. The number of nitrogens with one attached hydrogen (secondary N) is 1. The maximum Gasteiger partial charge on any atom is 0.184 e. The van der Waals surface area contributed by atoms with E-state index in [1.54, 1.807) is 12.1 Å². The second kappa shape index (κ2) is 7.40. The molecule has 2 rings (SSSR count). The third kappa shape index (κ3) is 4.30. The molecule has 0 aliphatic heterocycles. The Hall–Kier alpha value is -1.89. The van der Waals surface area contributed by atoms with E-state index in [1.165, 1.54) is 12.4 Å². The van der Waals surface area contributed by atoms with Gasteiger partial charge in [0.05, 0.1) is 5.71 Å². The number of pyridine rings is 1. The fourth-order valence-corrected chi connectivity index (χ4v) is 2.07. The van der Waals surface area contributed by atoms with Gasteiger partial charge in [0, 0.05) is 12.4 Å². The number of hydrazone groups is 1. The lowest BCUT2D eigenvalue weighted by Crippen LogP contribution is -2.25. The molecule has 114 valence electrons. The second-order valence-electron chi connectivity index (χ2n) is 4.23. The molecule has 3 N–H and O–H groups in total. The first kappa shape index (κ1) is 16.5. The van der Waals surface area contributed by atoms with Crippen molar-refractivity contribution in [2.45, 2.75) is 6.92 Å². The van der Waals surface area contributed by atoms with Crippen LogP contribution in [0.1, 0.15) is 12.5 Å². The summed E-state index contributed by atoms with van der Waals surface area (Å²) in [7, 11) is 0. The Morgan fingerprint density at radius 3 is 2.36 bits per heavy atom. The molecule has 0 bridgehead atoms. The summed E-state index contributed by atoms with van der Waals surface area (Å²) < 4.78 is 5.67. The van der Waals surface area contributed by atoms with Gasteiger partial charge in [-0.05, 0) is 49.0 Å². The summed E-state index contributed by atoms with van der Waals surface area (Å²) in [4.78, 5) is 3.87. The van der Waals surface area contributed by atoms with Crippen molar-refractivity contribution in [3.63, 3.8) is 0 Å². The zero-order chi connectivity index (χ0) is 16.1. The summed E-state index contributed by atoms with van der Waals surface area (Å²) in [5.74, 6) is 0.959. The van der Waals surface area contributed by atoms with E-state index in [9.17, 15) is 0 Å². The Balaban J connectivity index is 2.16. The van der Waals surface area contributed by atoms with Crippen LogP contribution in [0.3, 0.4) is 0 Å². The van der Waals surface area contributed by atoms with Gasteiger partial charge in [0.25, 0.3) is 0 Å². The van der Waals surface area contributed by atoms with E-state index >= 15 is 0 Å². The molecule has 5 nitrogen and oxygen atoms in total. The van der Waals surface area contributed by atoms with Crippen molar-refractivity contribution >= 4 is 46.2 Å². The van der Waals surface area contributed by atoms with Gasteiger partial charge in [0.2, 0.25) is 0 Å². The van der Waals surface area contributed by atoms with Gasteiger partial charge in [-0.25, -0.2) is 0 Å². The highest BCUT2D eigenvalue weighted by Crippen LogP contribution is 2.35. The Labute approximate surface area is 143 Å². The van der Waals surface area contributed by atoms with Crippen molar-refractivity contribution in [2.75, 3.05) is 0 Å². The number of hydrogen-bond donors (Lipinski definition) is 2. The van der Waals surface area contributed by atoms with Crippen molar-refractivity contribution in [2.24, 2.45) is 10.8 Å². The first-order valence-corrected chi connectivity index (χ1v) is 7.31. The van der Waals surface area contributed by atoms with Gasteiger partial charge in [-0.2, -0.15) is 5.10 Å². The van der Waals surface area contributed by atoms with Crippen LogP contribution in [-0.4, -0.2) is 15.8 Å². The minimum Gasteiger partial charge on any atom is -0.454 e. The van der Waals surface area contributed by atoms with Gasteiger partial charge in [0.15, 0.2) is 10.9 Å². The Bertz CT molecular complexity index is 699. The quantitative estimate of drug-likeness (QED) is 0.497. The fraction of sp³-hybridized carbons (Fsp3) is 0.0714. The van der Waals surface area contributed by atoms with Crippen LogP contribution < -0.4 is 15.9 Å². The van der Waals surface area contributed by atoms with Crippen LogP contribution in [0.15, 0.2) is 41.8 Å². The molecular weight excluding hydrogens is 343 g/mol. The van der Waals surface area contributed by atoms with Crippen LogP contribution in [0.5, 0.6) is 11.5 Å². The Morgan fingerprint density at radius 2 is 1.82 bits per heavy atom. The molecule has 1 aromatic heterocycles. The van der Waals surface area contributed by atoms with E-state index in [4.69, 9.17) is 45.9 Å². The van der Waals surface area contributed by atoms with Gasteiger partial charge in [0.1, 0.15) is 15.8 Å². The summed E-state index contributed by atoms with van der Waals surface area (Å²) in [5.41, 5.74) is 9.48. The van der Waals surface area contributed by atoms with Gasteiger partial charge in [-0.3, -0.25) is 10.4 Å². The second-order valence-corrected chi connectivity index (χ2v) is 5.49. The number of thiocarbonyl (C=S) groups is 1. The third-order valence-electron chi connectivity index (χ3n) is 2.64. The first-order chi connectivity index (χ1) is 10.5. The van der Waals surface area contributed by atoms with Crippen molar-refractivity contribution in [1.82, 2.24) is 10.4 Å². The highest BCUT2D eigenvalue weighted by molar-refractivity contribution is 7.80. The summed E-state index contributed by atoms with van der Waals surface area (Å²) in [6, 6.07) is 7.25. The van der Waals surface area contributed by atoms with Crippen LogP contribution >= 0.6 is 35.4 Å². The maximum atomic E-state index is 6.01. The molecule has 2 aromatic rings. The average molecular weight is 355 g/mol. The molecule has 22 heavy (non-hydrogen) atoms. The molecule has 0 spiro atoms. The largest absolute Gasteiger partial charge is 0.454 e. The van der Waals surface area contributed by atoms with Gasteiger partial charge in [-0.15, -0.1) is 0 Å². The van der Waals surface area contributed by atoms with E-state index in [-0.39, 0.29) is 5.11 Å².